The summed E-state index contributed by atoms with van der Waals surface area (Å²) >= 11 is 0. The molecule has 2 aromatic rings. The first kappa shape index (κ1) is 14.2. The van der Waals surface area contributed by atoms with Crippen molar-refractivity contribution in [1.82, 2.24) is 15.0 Å². The lowest BCUT2D eigenvalue weighted by atomic mass is 10.2. The highest BCUT2D eigenvalue weighted by atomic mass is 32.2. The molecule has 0 aliphatic heterocycles. The van der Waals surface area contributed by atoms with Gasteiger partial charge in [-0.05, 0) is 24.6 Å². The predicted molar refractivity (Wildman–Crippen MR) is 70.2 cm³/mol. The highest BCUT2D eigenvalue weighted by Crippen LogP contribution is 2.13. The summed E-state index contributed by atoms with van der Waals surface area (Å²) in [4.78, 5) is 10.9. The van der Waals surface area contributed by atoms with Crippen LogP contribution in [0.15, 0.2) is 35.4 Å². The molecule has 20 heavy (non-hydrogen) atoms. The van der Waals surface area contributed by atoms with Crippen LogP contribution in [0.4, 0.5) is 0 Å². The Hall–Kier alpha value is -2.22. The van der Waals surface area contributed by atoms with Gasteiger partial charge in [0.15, 0.2) is 15.5 Å². The number of benzene rings is 1. The van der Waals surface area contributed by atoms with Gasteiger partial charge in [0, 0.05) is 0 Å². The van der Waals surface area contributed by atoms with Crippen molar-refractivity contribution < 1.29 is 18.3 Å². The third kappa shape index (κ3) is 3.21. The molecule has 0 saturated carbocycles. The second-order valence-corrected chi connectivity index (χ2v) is 6.42. The predicted octanol–water partition coefficient (Wildman–Crippen LogP) is 0.759. The van der Waals surface area contributed by atoms with E-state index in [2.05, 4.69) is 10.3 Å². The fourth-order valence-corrected chi connectivity index (χ4v) is 2.96. The van der Waals surface area contributed by atoms with Gasteiger partial charge < -0.3 is 5.11 Å². The number of sulfone groups is 1. The van der Waals surface area contributed by atoms with Crippen LogP contribution in [0.25, 0.3) is 0 Å². The standard InChI is InChI=1S/C12H13N3O4S/c1-9-3-2-4-10(7-9)20(18,19)6-5-15-8-11(12(16)17)13-14-15/h2-4,7-8H,5-6H2,1H3,(H,16,17). The smallest absolute Gasteiger partial charge is 0.358 e. The van der Waals surface area contributed by atoms with Gasteiger partial charge in [0.1, 0.15) is 0 Å². The zero-order valence-corrected chi connectivity index (χ0v) is 11.5. The van der Waals surface area contributed by atoms with E-state index in [-0.39, 0.29) is 22.9 Å². The molecule has 0 aliphatic carbocycles. The summed E-state index contributed by atoms with van der Waals surface area (Å²) in [5.41, 5.74) is 0.651. The molecule has 1 aromatic carbocycles. The number of carboxylic acids is 1. The number of rotatable bonds is 5. The van der Waals surface area contributed by atoms with Crippen LogP contribution in [-0.2, 0) is 16.4 Å². The molecule has 0 spiro atoms. The average Bonchev–Trinajstić information content (AvgIpc) is 2.85. The zero-order chi connectivity index (χ0) is 14.8. The van der Waals surface area contributed by atoms with Crippen molar-refractivity contribution in [1.29, 1.82) is 0 Å². The van der Waals surface area contributed by atoms with Gasteiger partial charge in [-0.25, -0.2) is 13.2 Å². The highest BCUT2D eigenvalue weighted by Gasteiger charge is 2.16. The van der Waals surface area contributed by atoms with Crippen molar-refractivity contribution in [3.05, 3.63) is 41.7 Å². The number of aromatic nitrogens is 3. The molecular formula is C12H13N3O4S. The van der Waals surface area contributed by atoms with Gasteiger partial charge in [-0.15, -0.1) is 5.10 Å². The minimum absolute atomic E-state index is 0.0521. The lowest BCUT2D eigenvalue weighted by Crippen LogP contribution is -2.14. The molecule has 7 nitrogen and oxygen atoms in total. The summed E-state index contributed by atoms with van der Waals surface area (Å²) in [5.74, 6) is -1.36. The van der Waals surface area contributed by atoms with E-state index in [0.717, 1.165) is 5.56 Å². The van der Waals surface area contributed by atoms with Crippen LogP contribution in [0.5, 0.6) is 0 Å². The molecule has 8 heteroatoms. The largest absolute Gasteiger partial charge is 0.476 e. The van der Waals surface area contributed by atoms with E-state index in [1.807, 2.05) is 13.0 Å². The van der Waals surface area contributed by atoms with Gasteiger partial charge in [-0.2, -0.15) is 0 Å². The molecule has 1 aromatic heterocycles. The van der Waals surface area contributed by atoms with Crippen LogP contribution in [0.3, 0.4) is 0 Å². The first-order chi connectivity index (χ1) is 9.38. The number of carbonyl (C=O) groups is 1. The Morgan fingerprint density at radius 3 is 2.75 bits per heavy atom. The summed E-state index contributed by atoms with van der Waals surface area (Å²) < 4.78 is 25.4. The Balaban J connectivity index is 2.11. The van der Waals surface area contributed by atoms with Crippen molar-refractivity contribution in [3.63, 3.8) is 0 Å². The van der Waals surface area contributed by atoms with Gasteiger partial charge in [0.2, 0.25) is 0 Å². The molecule has 0 amide bonds. The molecule has 0 saturated heterocycles. The molecule has 0 unspecified atom stereocenters. The number of hydrogen-bond donors (Lipinski definition) is 1. The molecule has 0 radical (unpaired) electrons. The van der Waals surface area contributed by atoms with E-state index < -0.39 is 15.8 Å². The van der Waals surface area contributed by atoms with Crippen LogP contribution in [0.2, 0.25) is 0 Å². The van der Waals surface area contributed by atoms with E-state index in [4.69, 9.17) is 5.11 Å². The molecule has 106 valence electrons. The van der Waals surface area contributed by atoms with Crippen molar-refractivity contribution in [2.45, 2.75) is 18.4 Å². The Labute approximate surface area is 115 Å². The molecule has 0 aliphatic rings. The first-order valence-electron chi connectivity index (χ1n) is 5.81. The maximum absolute atomic E-state index is 12.1. The number of hydrogen-bond acceptors (Lipinski definition) is 5. The molecule has 1 N–H and O–H groups in total. The average molecular weight is 295 g/mol. The minimum atomic E-state index is -3.43. The quantitative estimate of drug-likeness (QED) is 0.873. The number of nitrogens with zero attached hydrogens (tertiary/aromatic N) is 3. The van der Waals surface area contributed by atoms with Crippen molar-refractivity contribution in [2.75, 3.05) is 5.75 Å². The number of aromatic carboxylic acids is 1. The highest BCUT2D eigenvalue weighted by molar-refractivity contribution is 7.91. The van der Waals surface area contributed by atoms with E-state index in [0.29, 0.717) is 0 Å². The monoisotopic (exact) mass is 295 g/mol. The Bertz CT molecular complexity index is 737. The molecule has 2 rings (SSSR count). The second kappa shape index (κ2) is 5.41. The molecule has 1 heterocycles. The number of aryl methyl sites for hydroxylation is 2. The molecule has 0 fully saturated rings. The Kier molecular flexibility index (Phi) is 3.84. The van der Waals surface area contributed by atoms with Crippen LogP contribution >= 0.6 is 0 Å². The van der Waals surface area contributed by atoms with Crippen molar-refractivity contribution in [2.24, 2.45) is 0 Å². The first-order valence-corrected chi connectivity index (χ1v) is 7.46. The molecule has 0 atom stereocenters. The van der Waals surface area contributed by atoms with Crippen LogP contribution in [0.1, 0.15) is 16.1 Å². The molecular weight excluding hydrogens is 282 g/mol. The third-order valence-electron chi connectivity index (χ3n) is 2.70. The van der Waals surface area contributed by atoms with E-state index >= 15 is 0 Å². The van der Waals surface area contributed by atoms with Gasteiger partial charge in [0.25, 0.3) is 0 Å². The lowest BCUT2D eigenvalue weighted by molar-refractivity contribution is 0.0690. The normalized spacial score (nSPS) is 11.4. The maximum atomic E-state index is 12.1. The summed E-state index contributed by atoms with van der Waals surface area (Å²) in [6.07, 6.45) is 1.20. The fourth-order valence-electron chi connectivity index (χ4n) is 1.65. The summed E-state index contributed by atoms with van der Waals surface area (Å²) in [6.45, 7) is 1.87. The Morgan fingerprint density at radius 1 is 1.40 bits per heavy atom. The van der Waals surface area contributed by atoms with Crippen LogP contribution in [0, 0.1) is 6.92 Å². The van der Waals surface area contributed by atoms with Crippen LogP contribution in [-0.4, -0.2) is 40.2 Å². The third-order valence-corrected chi connectivity index (χ3v) is 4.39. The summed E-state index contributed by atoms with van der Waals surface area (Å²) in [5, 5.41) is 15.7. The zero-order valence-electron chi connectivity index (χ0n) is 10.7. The summed E-state index contributed by atoms with van der Waals surface area (Å²) in [6, 6.07) is 6.63. The minimum Gasteiger partial charge on any atom is -0.476 e. The summed E-state index contributed by atoms with van der Waals surface area (Å²) in [7, 11) is -3.43. The second-order valence-electron chi connectivity index (χ2n) is 4.31. The SMILES string of the molecule is Cc1cccc(S(=O)(=O)CCn2cc(C(=O)O)nn2)c1. The maximum Gasteiger partial charge on any atom is 0.358 e. The van der Waals surface area contributed by atoms with Gasteiger partial charge in [-0.1, -0.05) is 17.3 Å². The Morgan fingerprint density at radius 2 is 2.15 bits per heavy atom. The topological polar surface area (TPSA) is 102 Å². The fraction of sp³-hybridized carbons (Fsp3) is 0.250. The molecule has 0 bridgehead atoms. The number of carboxylic acid groups (broad SMARTS) is 1. The van der Waals surface area contributed by atoms with E-state index in [1.54, 1.807) is 12.1 Å². The van der Waals surface area contributed by atoms with E-state index in [1.165, 1.54) is 16.9 Å². The van der Waals surface area contributed by atoms with Crippen molar-refractivity contribution >= 4 is 15.8 Å². The van der Waals surface area contributed by atoms with Gasteiger partial charge in [-0.3, -0.25) is 4.68 Å². The van der Waals surface area contributed by atoms with E-state index in [9.17, 15) is 13.2 Å². The lowest BCUT2D eigenvalue weighted by Gasteiger charge is -2.05. The van der Waals surface area contributed by atoms with Gasteiger partial charge >= 0.3 is 5.97 Å². The van der Waals surface area contributed by atoms with Gasteiger partial charge in [0.05, 0.1) is 23.4 Å². The van der Waals surface area contributed by atoms with Crippen molar-refractivity contribution in [3.8, 4) is 0 Å². The van der Waals surface area contributed by atoms with Crippen LogP contribution < -0.4 is 0 Å².